The number of nitrogens with zero attached hydrogens (tertiary/aromatic N) is 1. The second kappa shape index (κ2) is 7.87. The lowest BCUT2D eigenvalue weighted by Gasteiger charge is -2.33. The van der Waals surface area contributed by atoms with Gasteiger partial charge >= 0.3 is 0 Å². The fourth-order valence-corrected chi connectivity index (χ4v) is 2.89. The van der Waals surface area contributed by atoms with Crippen molar-refractivity contribution >= 4 is 29.9 Å². The van der Waals surface area contributed by atoms with Crippen LogP contribution in [0.25, 0.3) is 0 Å². The highest BCUT2D eigenvalue weighted by molar-refractivity contribution is 6.31. The Hall–Kier alpha value is -0.770. The number of benzene rings is 1. The molecule has 0 radical (unpaired) electrons. The summed E-state index contributed by atoms with van der Waals surface area (Å²) in [6.07, 6.45) is 3.24. The van der Waals surface area contributed by atoms with Crippen molar-refractivity contribution in [1.82, 2.24) is 4.90 Å². The summed E-state index contributed by atoms with van der Waals surface area (Å²) in [4.78, 5) is 14.5. The molecule has 1 unspecified atom stereocenters. The topological polar surface area (TPSA) is 46.3 Å². The number of piperidine rings is 1. The molecule has 1 atom stereocenters. The van der Waals surface area contributed by atoms with Gasteiger partial charge in [-0.1, -0.05) is 17.7 Å². The van der Waals surface area contributed by atoms with Crippen molar-refractivity contribution in [2.45, 2.75) is 26.2 Å². The van der Waals surface area contributed by atoms with Crippen molar-refractivity contribution in [2.75, 3.05) is 19.6 Å². The van der Waals surface area contributed by atoms with Crippen LogP contribution < -0.4 is 5.73 Å². The van der Waals surface area contributed by atoms with Crippen LogP contribution >= 0.6 is 24.0 Å². The molecule has 1 amide bonds. The number of likely N-dealkylation sites (tertiary alicyclic amines) is 1. The van der Waals surface area contributed by atoms with Crippen LogP contribution in [0.1, 0.15) is 35.2 Å². The molecular formula is C15H22Cl2N2O. The maximum absolute atomic E-state index is 12.6. The van der Waals surface area contributed by atoms with Gasteiger partial charge in [0.05, 0.1) is 0 Å². The zero-order valence-electron chi connectivity index (χ0n) is 11.8. The number of halogens is 2. The minimum Gasteiger partial charge on any atom is -0.338 e. The SMILES string of the molecule is Cc1ccc(Cl)cc1C(=O)N1CCCC(CCN)C1.Cl. The molecule has 1 saturated heterocycles. The van der Waals surface area contributed by atoms with E-state index in [9.17, 15) is 4.79 Å². The van der Waals surface area contributed by atoms with Crippen molar-refractivity contribution in [2.24, 2.45) is 11.7 Å². The van der Waals surface area contributed by atoms with Gasteiger partial charge in [-0.25, -0.2) is 0 Å². The van der Waals surface area contributed by atoms with Crippen LogP contribution in [0.5, 0.6) is 0 Å². The summed E-state index contributed by atoms with van der Waals surface area (Å²) in [7, 11) is 0. The molecule has 112 valence electrons. The third-order valence-corrected chi connectivity index (χ3v) is 4.05. The summed E-state index contributed by atoms with van der Waals surface area (Å²) in [5, 5.41) is 0.615. The Morgan fingerprint density at radius 3 is 2.95 bits per heavy atom. The number of nitrogens with two attached hydrogens (primary N) is 1. The summed E-state index contributed by atoms with van der Waals surface area (Å²) in [5.41, 5.74) is 7.32. The van der Waals surface area contributed by atoms with Crippen LogP contribution in [-0.4, -0.2) is 30.4 Å². The Morgan fingerprint density at radius 2 is 2.25 bits per heavy atom. The number of carbonyl (C=O) groups excluding carboxylic acids is 1. The van der Waals surface area contributed by atoms with E-state index in [0.717, 1.165) is 37.1 Å². The van der Waals surface area contributed by atoms with E-state index < -0.39 is 0 Å². The second-order valence-corrected chi connectivity index (χ2v) is 5.73. The van der Waals surface area contributed by atoms with Gasteiger partial charge in [0.15, 0.2) is 0 Å². The van der Waals surface area contributed by atoms with E-state index in [4.69, 9.17) is 17.3 Å². The quantitative estimate of drug-likeness (QED) is 0.930. The molecule has 1 aromatic rings. The zero-order chi connectivity index (χ0) is 13.8. The molecule has 5 heteroatoms. The van der Waals surface area contributed by atoms with E-state index in [2.05, 4.69) is 0 Å². The monoisotopic (exact) mass is 316 g/mol. The number of hydrogen-bond acceptors (Lipinski definition) is 2. The second-order valence-electron chi connectivity index (χ2n) is 5.30. The largest absolute Gasteiger partial charge is 0.338 e. The Labute approximate surface area is 131 Å². The molecule has 0 aromatic heterocycles. The van der Waals surface area contributed by atoms with Crippen LogP contribution in [0.2, 0.25) is 5.02 Å². The molecule has 0 aliphatic carbocycles. The molecular weight excluding hydrogens is 295 g/mol. The van der Waals surface area contributed by atoms with Crippen LogP contribution in [0.4, 0.5) is 0 Å². The standard InChI is InChI=1S/C15H21ClN2O.ClH/c1-11-4-5-13(16)9-14(11)15(19)18-8-2-3-12(10-18)6-7-17;/h4-5,9,12H,2-3,6-8,10,17H2,1H3;1H. The third-order valence-electron chi connectivity index (χ3n) is 3.81. The smallest absolute Gasteiger partial charge is 0.254 e. The fraction of sp³-hybridized carbons (Fsp3) is 0.533. The predicted molar refractivity (Wildman–Crippen MR) is 85.7 cm³/mol. The maximum Gasteiger partial charge on any atom is 0.254 e. The Bertz CT molecular complexity index is 463. The van der Waals surface area contributed by atoms with E-state index in [1.165, 1.54) is 6.42 Å². The molecule has 3 nitrogen and oxygen atoms in total. The van der Waals surface area contributed by atoms with Gasteiger partial charge in [0.2, 0.25) is 0 Å². The van der Waals surface area contributed by atoms with Crippen LogP contribution in [0.3, 0.4) is 0 Å². The molecule has 1 heterocycles. The highest BCUT2D eigenvalue weighted by atomic mass is 35.5. The van der Waals surface area contributed by atoms with Crippen molar-refractivity contribution in [3.8, 4) is 0 Å². The first-order valence-corrected chi connectivity index (χ1v) is 7.25. The summed E-state index contributed by atoms with van der Waals surface area (Å²) in [6.45, 7) is 4.31. The van der Waals surface area contributed by atoms with E-state index in [1.807, 2.05) is 24.0 Å². The summed E-state index contributed by atoms with van der Waals surface area (Å²) in [6, 6.07) is 5.49. The molecule has 1 aromatic carbocycles. The zero-order valence-corrected chi connectivity index (χ0v) is 13.3. The van der Waals surface area contributed by atoms with E-state index >= 15 is 0 Å². The Kier molecular flexibility index (Phi) is 6.80. The highest BCUT2D eigenvalue weighted by Crippen LogP contribution is 2.23. The lowest BCUT2D eigenvalue weighted by Crippen LogP contribution is -2.40. The van der Waals surface area contributed by atoms with Crippen molar-refractivity contribution in [3.63, 3.8) is 0 Å². The van der Waals surface area contributed by atoms with Crippen molar-refractivity contribution in [3.05, 3.63) is 34.3 Å². The molecule has 0 spiro atoms. The summed E-state index contributed by atoms with van der Waals surface area (Å²) < 4.78 is 0. The molecule has 0 saturated carbocycles. The number of amides is 1. The molecule has 20 heavy (non-hydrogen) atoms. The van der Waals surface area contributed by atoms with E-state index in [-0.39, 0.29) is 18.3 Å². The molecule has 2 rings (SSSR count). The average molecular weight is 317 g/mol. The fourth-order valence-electron chi connectivity index (χ4n) is 2.72. The normalized spacial score (nSPS) is 18.6. The lowest BCUT2D eigenvalue weighted by molar-refractivity contribution is 0.0669. The number of carbonyl (C=O) groups is 1. The van der Waals surface area contributed by atoms with Gasteiger partial charge < -0.3 is 10.6 Å². The first-order valence-electron chi connectivity index (χ1n) is 6.87. The van der Waals surface area contributed by atoms with Crippen molar-refractivity contribution < 1.29 is 4.79 Å². The molecule has 2 N–H and O–H groups in total. The van der Waals surface area contributed by atoms with Crippen LogP contribution in [-0.2, 0) is 0 Å². The average Bonchev–Trinajstić information content (AvgIpc) is 2.41. The van der Waals surface area contributed by atoms with E-state index in [1.54, 1.807) is 6.07 Å². The van der Waals surface area contributed by atoms with E-state index in [0.29, 0.717) is 17.5 Å². The van der Waals surface area contributed by atoms with Crippen LogP contribution in [0.15, 0.2) is 18.2 Å². The summed E-state index contributed by atoms with van der Waals surface area (Å²) >= 11 is 5.99. The van der Waals surface area contributed by atoms with Gasteiger partial charge in [0, 0.05) is 23.7 Å². The molecule has 0 bridgehead atoms. The maximum atomic E-state index is 12.6. The lowest BCUT2D eigenvalue weighted by atomic mass is 9.94. The third kappa shape index (κ3) is 4.11. The Morgan fingerprint density at radius 1 is 1.50 bits per heavy atom. The minimum atomic E-state index is 0. The highest BCUT2D eigenvalue weighted by Gasteiger charge is 2.24. The van der Waals surface area contributed by atoms with Gasteiger partial charge in [-0.2, -0.15) is 0 Å². The number of hydrogen-bond donors (Lipinski definition) is 1. The van der Waals surface area contributed by atoms with Gasteiger partial charge in [-0.3, -0.25) is 4.79 Å². The van der Waals surface area contributed by atoms with Crippen molar-refractivity contribution in [1.29, 1.82) is 0 Å². The first kappa shape index (κ1) is 17.3. The molecule has 1 aliphatic heterocycles. The van der Waals surface area contributed by atoms with Gasteiger partial charge in [0.25, 0.3) is 5.91 Å². The summed E-state index contributed by atoms with van der Waals surface area (Å²) in [5.74, 6) is 0.643. The molecule has 1 aliphatic rings. The Balaban J connectivity index is 0.00000200. The van der Waals surface area contributed by atoms with Gasteiger partial charge in [-0.05, 0) is 56.3 Å². The van der Waals surface area contributed by atoms with Crippen LogP contribution in [0, 0.1) is 12.8 Å². The minimum absolute atomic E-state index is 0. The number of rotatable bonds is 3. The van der Waals surface area contributed by atoms with Gasteiger partial charge in [-0.15, -0.1) is 12.4 Å². The number of aryl methyl sites for hydroxylation is 1. The molecule has 1 fully saturated rings. The predicted octanol–water partition coefficient (Wildman–Crippen LogP) is 3.27. The first-order chi connectivity index (χ1) is 9.11. The van der Waals surface area contributed by atoms with Gasteiger partial charge in [0.1, 0.15) is 0 Å².